The van der Waals surface area contributed by atoms with E-state index in [2.05, 4.69) is 4.99 Å². The molecule has 0 heterocycles. The molecule has 0 spiro atoms. The molecular weight excluding hydrogens is 350 g/mol. The summed E-state index contributed by atoms with van der Waals surface area (Å²) in [6.45, 7) is 4.49. The lowest BCUT2D eigenvalue weighted by atomic mass is 10.3. The van der Waals surface area contributed by atoms with Gasteiger partial charge in [-0.15, -0.1) is 0 Å². The molecule has 3 rings (SSSR count). The van der Waals surface area contributed by atoms with Crippen molar-refractivity contribution in [2.75, 3.05) is 6.61 Å². The molecule has 3 aromatic carbocycles. The first-order valence-electron chi connectivity index (χ1n) is 9.18. The van der Waals surface area contributed by atoms with Crippen LogP contribution in [0.4, 0.5) is 5.69 Å². The SMILES string of the molecule is CCOc1ccc(OC=C(C)C(=Nc2ccccc2)Oc2ccccc2)cc1. The Morgan fingerprint density at radius 3 is 2.04 bits per heavy atom. The van der Waals surface area contributed by atoms with Gasteiger partial charge in [0, 0.05) is 5.57 Å². The predicted molar refractivity (Wildman–Crippen MR) is 113 cm³/mol. The summed E-state index contributed by atoms with van der Waals surface area (Å²) in [5, 5.41) is 0. The largest absolute Gasteiger partial charge is 0.494 e. The fraction of sp³-hybridized carbons (Fsp3) is 0.125. The Hall–Kier alpha value is -3.53. The van der Waals surface area contributed by atoms with Gasteiger partial charge in [-0.05, 0) is 62.4 Å². The Morgan fingerprint density at radius 1 is 0.786 bits per heavy atom. The highest BCUT2D eigenvalue weighted by molar-refractivity contribution is 5.96. The lowest BCUT2D eigenvalue weighted by Crippen LogP contribution is -2.10. The molecule has 0 atom stereocenters. The Labute approximate surface area is 165 Å². The van der Waals surface area contributed by atoms with Gasteiger partial charge in [-0.2, -0.15) is 0 Å². The highest BCUT2D eigenvalue weighted by Crippen LogP contribution is 2.20. The molecule has 4 nitrogen and oxygen atoms in total. The summed E-state index contributed by atoms with van der Waals surface area (Å²) in [6, 6.07) is 26.7. The molecule has 3 aromatic rings. The third-order valence-electron chi connectivity index (χ3n) is 3.79. The number of rotatable bonds is 7. The van der Waals surface area contributed by atoms with Crippen molar-refractivity contribution >= 4 is 11.6 Å². The monoisotopic (exact) mass is 373 g/mol. The average Bonchev–Trinajstić information content (AvgIpc) is 2.74. The lowest BCUT2D eigenvalue weighted by molar-refractivity contribution is 0.339. The van der Waals surface area contributed by atoms with E-state index < -0.39 is 0 Å². The zero-order valence-corrected chi connectivity index (χ0v) is 16.0. The third kappa shape index (κ3) is 5.74. The molecule has 0 fully saturated rings. The first kappa shape index (κ1) is 19.2. The number of ether oxygens (including phenoxy) is 3. The molecular formula is C24H23NO3. The average molecular weight is 373 g/mol. The fourth-order valence-corrected chi connectivity index (χ4v) is 2.40. The molecule has 142 valence electrons. The minimum Gasteiger partial charge on any atom is -0.494 e. The van der Waals surface area contributed by atoms with Gasteiger partial charge >= 0.3 is 0 Å². The minimum atomic E-state index is 0.475. The van der Waals surface area contributed by atoms with Crippen LogP contribution in [0.3, 0.4) is 0 Å². The van der Waals surface area contributed by atoms with Gasteiger partial charge in [-0.3, -0.25) is 0 Å². The standard InChI is InChI=1S/C24H23NO3/c1-3-26-21-14-16-22(17-15-21)27-18-19(2)24(25-20-10-6-4-7-11-20)28-23-12-8-5-9-13-23/h4-18H,3H2,1-2H3. The maximum Gasteiger partial charge on any atom is 0.225 e. The van der Waals surface area contributed by atoms with Crippen molar-refractivity contribution in [1.82, 2.24) is 0 Å². The molecule has 0 unspecified atom stereocenters. The second-order valence-corrected chi connectivity index (χ2v) is 5.99. The van der Waals surface area contributed by atoms with Crippen LogP contribution in [-0.2, 0) is 0 Å². The molecule has 0 radical (unpaired) electrons. The van der Waals surface area contributed by atoms with Gasteiger partial charge in [-0.25, -0.2) is 4.99 Å². The fourth-order valence-electron chi connectivity index (χ4n) is 2.40. The second kappa shape index (κ2) is 9.97. The third-order valence-corrected chi connectivity index (χ3v) is 3.79. The van der Waals surface area contributed by atoms with Crippen LogP contribution >= 0.6 is 0 Å². The Morgan fingerprint density at radius 2 is 1.39 bits per heavy atom. The van der Waals surface area contributed by atoms with Crippen LogP contribution in [0.25, 0.3) is 0 Å². The minimum absolute atomic E-state index is 0.475. The van der Waals surface area contributed by atoms with Crippen LogP contribution in [0, 0.1) is 0 Å². The highest BCUT2D eigenvalue weighted by atomic mass is 16.5. The van der Waals surface area contributed by atoms with Crippen LogP contribution in [0.5, 0.6) is 17.2 Å². The highest BCUT2D eigenvalue weighted by Gasteiger charge is 2.07. The van der Waals surface area contributed by atoms with Crippen molar-refractivity contribution < 1.29 is 14.2 Å². The van der Waals surface area contributed by atoms with Gasteiger partial charge in [0.15, 0.2) is 0 Å². The van der Waals surface area contributed by atoms with Gasteiger partial charge in [0.2, 0.25) is 5.90 Å². The smallest absolute Gasteiger partial charge is 0.225 e. The lowest BCUT2D eigenvalue weighted by Gasteiger charge is -2.10. The molecule has 28 heavy (non-hydrogen) atoms. The van der Waals surface area contributed by atoms with Crippen LogP contribution in [0.1, 0.15) is 13.8 Å². The Bertz CT molecular complexity index is 917. The van der Waals surface area contributed by atoms with E-state index in [-0.39, 0.29) is 0 Å². The van der Waals surface area contributed by atoms with E-state index in [0.29, 0.717) is 24.0 Å². The topological polar surface area (TPSA) is 40.0 Å². The summed E-state index contributed by atoms with van der Waals surface area (Å²) >= 11 is 0. The quantitative estimate of drug-likeness (QED) is 0.282. The number of hydrogen-bond acceptors (Lipinski definition) is 4. The van der Waals surface area contributed by atoms with Crippen molar-refractivity contribution in [3.8, 4) is 17.2 Å². The summed E-state index contributed by atoms with van der Waals surface area (Å²) in [5.41, 5.74) is 1.57. The molecule has 0 saturated heterocycles. The number of benzene rings is 3. The van der Waals surface area contributed by atoms with Gasteiger partial charge < -0.3 is 14.2 Å². The number of para-hydroxylation sites is 2. The van der Waals surface area contributed by atoms with E-state index in [0.717, 1.165) is 17.0 Å². The molecule has 0 saturated carbocycles. The van der Waals surface area contributed by atoms with Gasteiger partial charge in [-0.1, -0.05) is 36.4 Å². The number of hydrogen-bond donors (Lipinski definition) is 0. The summed E-state index contributed by atoms with van der Waals surface area (Å²) in [6.07, 6.45) is 1.64. The second-order valence-electron chi connectivity index (χ2n) is 5.99. The summed E-state index contributed by atoms with van der Waals surface area (Å²) in [5.74, 6) is 2.71. The molecule has 0 amide bonds. The maximum absolute atomic E-state index is 6.00. The number of aliphatic imine (C=N–C) groups is 1. The first-order chi connectivity index (χ1) is 13.7. The van der Waals surface area contributed by atoms with E-state index >= 15 is 0 Å². The summed E-state index contributed by atoms with van der Waals surface area (Å²) in [7, 11) is 0. The van der Waals surface area contributed by atoms with E-state index in [1.165, 1.54) is 0 Å². The van der Waals surface area contributed by atoms with Crippen molar-refractivity contribution in [3.05, 3.63) is 96.8 Å². The van der Waals surface area contributed by atoms with E-state index in [1.54, 1.807) is 6.26 Å². The van der Waals surface area contributed by atoms with Crippen molar-refractivity contribution in [2.24, 2.45) is 4.99 Å². The zero-order valence-electron chi connectivity index (χ0n) is 16.0. The van der Waals surface area contributed by atoms with Crippen molar-refractivity contribution in [1.29, 1.82) is 0 Å². The predicted octanol–water partition coefficient (Wildman–Crippen LogP) is 6.18. The van der Waals surface area contributed by atoms with E-state index in [1.807, 2.05) is 98.8 Å². The molecule has 0 aliphatic heterocycles. The number of nitrogens with zero attached hydrogens (tertiary/aromatic N) is 1. The maximum atomic E-state index is 6.00. The van der Waals surface area contributed by atoms with Crippen LogP contribution in [0.15, 0.2) is 102 Å². The van der Waals surface area contributed by atoms with E-state index in [9.17, 15) is 0 Å². The first-order valence-corrected chi connectivity index (χ1v) is 9.18. The molecule has 0 N–H and O–H groups in total. The summed E-state index contributed by atoms with van der Waals surface area (Å²) in [4.78, 5) is 4.63. The molecule has 0 aliphatic carbocycles. The Kier molecular flexibility index (Phi) is 6.85. The van der Waals surface area contributed by atoms with Gasteiger partial charge in [0.1, 0.15) is 17.2 Å². The van der Waals surface area contributed by atoms with Crippen LogP contribution < -0.4 is 14.2 Å². The summed E-state index contributed by atoms with van der Waals surface area (Å²) < 4.78 is 17.2. The molecule has 0 bridgehead atoms. The molecule has 4 heteroatoms. The van der Waals surface area contributed by atoms with Crippen LogP contribution in [0.2, 0.25) is 0 Å². The zero-order chi connectivity index (χ0) is 19.6. The van der Waals surface area contributed by atoms with E-state index in [4.69, 9.17) is 14.2 Å². The normalized spacial score (nSPS) is 11.8. The van der Waals surface area contributed by atoms with Gasteiger partial charge in [0.05, 0.1) is 18.6 Å². The molecule has 0 aromatic heterocycles. The van der Waals surface area contributed by atoms with Gasteiger partial charge in [0.25, 0.3) is 0 Å². The Balaban J connectivity index is 1.80. The molecule has 0 aliphatic rings. The van der Waals surface area contributed by atoms with Crippen molar-refractivity contribution in [3.63, 3.8) is 0 Å². The van der Waals surface area contributed by atoms with Crippen molar-refractivity contribution in [2.45, 2.75) is 13.8 Å². The van der Waals surface area contributed by atoms with Crippen LogP contribution in [-0.4, -0.2) is 12.5 Å².